The number of nitrogens with one attached hydrogen (secondary N) is 2. The lowest BCUT2D eigenvalue weighted by Gasteiger charge is -2.05. The van der Waals surface area contributed by atoms with E-state index in [0.717, 1.165) is 16.8 Å². The first-order valence-electron chi connectivity index (χ1n) is 5.62. The largest absolute Gasteiger partial charge is 0.348 e. The number of carbonyl (C=O) groups excluding carboxylic acids is 1. The van der Waals surface area contributed by atoms with E-state index in [1.165, 1.54) is 6.20 Å². The maximum Gasteiger partial charge on any atom is 0.255 e. The van der Waals surface area contributed by atoms with Crippen LogP contribution >= 0.6 is 11.6 Å². The lowest BCUT2D eigenvalue weighted by molar-refractivity contribution is 0.0950. The van der Waals surface area contributed by atoms with Crippen LogP contribution in [0.3, 0.4) is 0 Å². The fourth-order valence-corrected chi connectivity index (χ4v) is 1.85. The van der Waals surface area contributed by atoms with Gasteiger partial charge in [-0.1, -0.05) is 24.3 Å². The molecular formula is C13H14ClN3O. The van der Waals surface area contributed by atoms with Crippen molar-refractivity contribution in [3.8, 4) is 0 Å². The Morgan fingerprint density at radius 1 is 1.44 bits per heavy atom. The van der Waals surface area contributed by atoms with Gasteiger partial charge in [-0.05, 0) is 18.1 Å². The van der Waals surface area contributed by atoms with Gasteiger partial charge in [0, 0.05) is 18.1 Å². The van der Waals surface area contributed by atoms with Crippen LogP contribution in [0.2, 0.25) is 0 Å². The molecule has 0 aliphatic rings. The number of halogens is 1. The number of hydrogen-bond acceptors (Lipinski definition) is 2. The van der Waals surface area contributed by atoms with Gasteiger partial charge in [0.1, 0.15) is 0 Å². The minimum Gasteiger partial charge on any atom is -0.348 e. The van der Waals surface area contributed by atoms with Crippen LogP contribution < -0.4 is 5.32 Å². The maximum atomic E-state index is 11.9. The van der Waals surface area contributed by atoms with Gasteiger partial charge in [-0.25, -0.2) is 0 Å². The fourth-order valence-electron chi connectivity index (χ4n) is 1.68. The summed E-state index contributed by atoms with van der Waals surface area (Å²) in [5.74, 6) is 0.348. The topological polar surface area (TPSA) is 57.8 Å². The van der Waals surface area contributed by atoms with Crippen molar-refractivity contribution < 1.29 is 4.79 Å². The van der Waals surface area contributed by atoms with Crippen molar-refractivity contribution in [1.29, 1.82) is 0 Å². The monoisotopic (exact) mass is 263 g/mol. The Morgan fingerprint density at radius 2 is 2.22 bits per heavy atom. The molecule has 0 radical (unpaired) electrons. The van der Waals surface area contributed by atoms with Crippen LogP contribution in [0.15, 0.2) is 30.5 Å². The smallest absolute Gasteiger partial charge is 0.255 e. The van der Waals surface area contributed by atoms with Crippen molar-refractivity contribution >= 4 is 17.5 Å². The average Bonchev–Trinajstić information content (AvgIpc) is 2.82. The molecule has 1 amide bonds. The zero-order valence-electron chi connectivity index (χ0n) is 10.0. The van der Waals surface area contributed by atoms with Crippen LogP contribution in [-0.2, 0) is 12.4 Å². The molecule has 0 atom stereocenters. The van der Waals surface area contributed by atoms with Crippen molar-refractivity contribution in [1.82, 2.24) is 15.5 Å². The van der Waals surface area contributed by atoms with Crippen molar-refractivity contribution in [2.24, 2.45) is 0 Å². The van der Waals surface area contributed by atoms with Crippen LogP contribution in [0.25, 0.3) is 0 Å². The molecule has 0 fully saturated rings. The molecule has 1 aromatic carbocycles. The summed E-state index contributed by atoms with van der Waals surface area (Å²) in [4.78, 5) is 11.9. The summed E-state index contributed by atoms with van der Waals surface area (Å²) in [5, 5.41) is 9.41. The summed E-state index contributed by atoms with van der Waals surface area (Å²) in [5.41, 5.74) is 3.41. The van der Waals surface area contributed by atoms with Crippen LogP contribution in [0.4, 0.5) is 0 Å². The minimum absolute atomic E-state index is 0.127. The van der Waals surface area contributed by atoms with Crippen LogP contribution in [0, 0.1) is 6.92 Å². The van der Waals surface area contributed by atoms with E-state index in [2.05, 4.69) is 15.5 Å². The number of aryl methyl sites for hydroxylation is 1. The lowest BCUT2D eigenvalue weighted by Crippen LogP contribution is -2.23. The molecule has 4 nitrogen and oxygen atoms in total. The van der Waals surface area contributed by atoms with Crippen molar-refractivity contribution in [2.45, 2.75) is 19.3 Å². The van der Waals surface area contributed by atoms with Gasteiger partial charge in [0.2, 0.25) is 0 Å². The number of benzene rings is 1. The standard InChI is InChI=1S/C13H14ClN3O/c1-9-12(8-16-17-9)13(18)15-7-11-4-2-3-10(5-11)6-14/h2-5,8H,6-7H2,1H3,(H,15,18)(H,16,17). The highest BCUT2D eigenvalue weighted by Gasteiger charge is 2.09. The Bertz CT molecular complexity index is 551. The average molecular weight is 264 g/mol. The highest BCUT2D eigenvalue weighted by Crippen LogP contribution is 2.08. The Morgan fingerprint density at radius 3 is 2.89 bits per heavy atom. The number of hydrogen-bond donors (Lipinski definition) is 2. The number of carbonyl (C=O) groups is 1. The van der Waals surface area contributed by atoms with E-state index in [-0.39, 0.29) is 5.91 Å². The van der Waals surface area contributed by atoms with E-state index < -0.39 is 0 Å². The molecule has 18 heavy (non-hydrogen) atoms. The fraction of sp³-hybridized carbons (Fsp3) is 0.231. The maximum absolute atomic E-state index is 11.9. The van der Waals surface area contributed by atoms with E-state index in [0.29, 0.717) is 18.0 Å². The molecule has 0 saturated heterocycles. The van der Waals surface area contributed by atoms with E-state index in [1.807, 2.05) is 31.2 Å². The molecule has 0 bridgehead atoms. The molecule has 0 spiro atoms. The molecule has 0 saturated carbocycles. The van der Waals surface area contributed by atoms with Gasteiger partial charge in [0.15, 0.2) is 0 Å². The third kappa shape index (κ3) is 2.90. The number of H-pyrrole nitrogens is 1. The zero-order chi connectivity index (χ0) is 13.0. The van der Waals surface area contributed by atoms with Crippen LogP contribution in [-0.4, -0.2) is 16.1 Å². The SMILES string of the molecule is Cc1[nH]ncc1C(=O)NCc1cccc(CCl)c1. The normalized spacial score (nSPS) is 10.3. The predicted molar refractivity (Wildman–Crippen MR) is 70.5 cm³/mol. The number of rotatable bonds is 4. The second kappa shape index (κ2) is 5.69. The van der Waals surface area contributed by atoms with Gasteiger partial charge in [0.05, 0.1) is 11.8 Å². The Balaban J connectivity index is 1.99. The molecule has 2 aromatic rings. The number of alkyl halides is 1. The lowest BCUT2D eigenvalue weighted by atomic mass is 10.1. The first kappa shape index (κ1) is 12.6. The molecule has 5 heteroatoms. The predicted octanol–water partition coefficient (Wildman–Crippen LogP) is 2.39. The number of amides is 1. The quantitative estimate of drug-likeness (QED) is 0.832. The van der Waals surface area contributed by atoms with Gasteiger partial charge >= 0.3 is 0 Å². The molecule has 2 rings (SSSR count). The second-order valence-corrected chi connectivity index (χ2v) is 4.31. The van der Waals surface area contributed by atoms with E-state index in [1.54, 1.807) is 0 Å². The molecule has 2 N–H and O–H groups in total. The van der Waals surface area contributed by atoms with Crippen molar-refractivity contribution in [3.05, 3.63) is 52.8 Å². The summed E-state index contributed by atoms with van der Waals surface area (Å²) < 4.78 is 0. The first-order valence-corrected chi connectivity index (χ1v) is 6.16. The number of aromatic amines is 1. The summed E-state index contributed by atoms with van der Waals surface area (Å²) in [6, 6.07) is 7.83. The molecule has 0 aliphatic heterocycles. The third-order valence-corrected chi connectivity index (χ3v) is 2.98. The third-order valence-electron chi connectivity index (χ3n) is 2.67. The second-order valence-electron chi connectivity index (χ2n) is 4.04. The molecule has 1 heterocycles. The highest BCUT2D eigenvalue weighted by molar-refractivity contribution is 6.17. The number of aromatic nitrogens is 2. The first-order chi connectivity index (χ1) is 8.70. The van der Waals surface area contributed by atoms with E-state index in [4.69, 9.17) is 11.6 Å². The van der Waals surface area contributed by atoms with Gasteiger partial charge in [0.25, 0.3) is 5.91 Å². The Labute approximate surface area is 110 Å². The van der Waals surface area contributed by atoms with Crippen LogP contribution in [0.1, 0.15) is 27.2 Å². The summed E-state index contributed by atoms with van der Waals surface area (Å²) in [6.07, 6.45) is 1.53. The highest BCUT2D eigenvalue weighted by atomic mass is 35.5. The van der Waals surface area contributed by atoms with E-state index in [9.17, 15) is 4.79 Å². The summed E-state index contributed by atoms with van der Waals surface area (Å²) in [6.45, 7) is 2.30. The molecule has 94 valence electrons. The molecule has 0 unspecified atom stereocenters. The molecular weight excluding hydrogens is 250 g/mol. The Kier molecular flexibility index (Phi) is 3.99. The van der Waals surface area contributed by atoms with E-state index >= 15 is 0 Å². The Hall–Kier alpha value is -1.81. The van der Waals surface area contributed by atoms with Gasteiger partial charge in [-0.2, -0.15) is 5.10 Å². The zero-order valence-corrected chi connectivity index (χ0v) is 10.8. The summed E-state index contributed by atoms with van der Waals surface area (Å²) >= 11 is 5.76. The number of nitrogens with zero attached hydrogens (tertiary/aromatic N) is 1. The van der Waals surface area contributed by atoms with Gasteiger partial charge < -0.3 is 5.32 Å². The van der Waals surface area contributed by atoms with Crippen LogP contribution in [0.5, 0.6) is 0 Å². The van der Waals surface area contributed by atoms with Gasteiger partial charge in [-0.15, -0.1) is 11.6 Å². The van der Waals surface area contributed by atoms with Crippen molar-refractivity contribution in [2.75, 3.05) is 0 Å². The molecule has 1 aromatic heterocycles. The van der Waals surface area contributed by atoms with Gasteiger partial charge in [-0.3, -0.25) is 9.89 Å². The summed E-state index contributed by atoms with van der Waals surface area (Å²) in [7, 11) is 0. The minimum atomic E-state index is -0.127. The van der Waals surface area contributed by atoms with Crippen molar-refractivity contribution in [3.63, 3.8) is 0 Å². The molecule has 0 aliphatic carbocycles.